The first-order valence-electron chi connectivity index (χ1n) is 11.4. The fraction of sp³-hybridized carbons (Fsp3) is 0.520. The molecule has 0 aliphatic heterocycles. The van der Waals surface area contributed by atoms with Crippen LogP contribution < -0.4 is 5.19 Å². The molecule has 33 heavy (non-hydrogen) atoms. The minimum Gasteiger partial charge on any atom is -0.377 e. The zero-order chi connectivity index (χ0) is 24.9. The molecule has 0 heterocycles. The minimum atomic E-state index is -2.86. The van der Waals surface area contributed by atoms with Crippen molar-refractivity contribution in [3.8, 4) is 0 Å². The van der Waals surface area contributed by atoms with Crippen molar-refractivity contribution in [2.24, 2.45) is 0 Å². The molecule has 2 rings (SSSR count). The largest absolute Gasteiger partial charge is 0.537 e. The first-order chi connectivity index (χ1) is 15.6. The van der Waals surface area contributed by atoms with Gasteiger partial charge in [-0.3, -0.25) is 0 Å². The Labute approximate surface area is 202 Å². The Morgan fingerprint density at radius 1 is 0.576 bits per heavy atom. The van der Waals surface area contributed by atoms with Gasteiger partial charge in [-0.15, -0.1) is 0 Å². The van der Waals surface area contributed by atoms with E-state index in [2.05, 4.69) is 0 Å². The van der Waals surface area contributed by atoms with Crippen molar-refractivity contribution in [2.45, 2.75) is 65.9 Å². The zero-order valence-electron chi connectivity index (χ0n) is 21.7. The molecule has 2 aromatic carbocycles. The van der Waals surface area contributed by atoms with Crippen LogP contribution in [-0.2, 0) is 32.6 Å². The predicted molar refractivity (Wildman–Crippen MR) is 137 cm³/mol. The first-order valence-corrected chi connectivity index (χ1v) is 15.1. The van der Waals surface area contributed by atoms with Crippen molar-refractivity contribution in [1.82, 2.24) is 0 Å². The van der Waals surface area contributed by atoms with Crippen LogP contribution in [0.2, 0.25) is 0 Å². The van der Waals surface area contributed by atoms with E-state index in [9.17, 15) is 0 Å². The van der Waals surface area contributed by atoms with Crippen LogP contribution in [0.4, 0.5) is 0 Å². The molecule has 0 radical (unpaired) electrons. The molecule has 2 aromatic rings. The van der Waals surface area contributed by atoms with Crippen molar-refractivity contribution >= 4 is 22.8 Å². The second kappa shape index (κ2) is 14.8. The number of hydrogen-bond acceptors (Lipinski definition) is 6. The van der Waals surface area contributed by atoms with E-state index >= 15 is 0 Å². The predicted octanol–water partition coefficient (Wildman–Crippen LogP) is 4.75. The van der Waals surface area contributed by atoms with Crippen LogP contribution in [0.3, 0.4) is 0 Å². The third-order valence-electron chi connectivity index (χ3n) is 4.50. The Morgan fingerprint density at radius 3 is 1.27 bits per heavy atom. The molecule has 0 bridgehead atoms. The normalized spacial score (nSPS) is 12.2. The highest BCUT2D eigenvalue weighted by Gasteiger charge is 2.46. The number of hydrogen-bond donors (Lipinski definition) is 0. The van der Waals surface area contributed by atoms with Crippen LogP contribution in [0.5, 0.6) is 0 Å². The van der Waals surface area contributed by atoms with Crippen LogP contribution in [0.25, 0.3) is 0 Å². The van der Waals surface area contributed by atoms with Gasteiger partial charge >= 0.3 is 17.6 Å². The SMILES string of the molecule is CC(C)O[Si](OC(C)C)(OC(C)C)c1ccccc1.CO[Si](Cc1ccccc1)(OC)OC. The Kier molecular flexibility index (Phi) is 13.3. The molecule has 0 N–H and O–H groups in total. The van der Waals surface area contributed by atoms with Crippen molar-refractivity contribution in [1.29, 1.82) is 0 Å². The average molecular weight is 495 g/mol. The molecule has 8 heteroatoms. The first kappa shape index (κ1) is 29.7. The molecule has 0 saturated heterocycles. The fourth-order valence-corrected chi connectivity index (χ4v) is 7.88. The molecule has 0 atom stereocenters. The van der Waals surface area contributed by atoms with Crippen LogP contribution in [0.1, 0.15) is 47.1 Å². The number of rotatable bonds is 12. The van der Waals surface area contributed by atoms with E-state index in [-0.39, 0.29) is 18.3 Å². The Bertz CT molecular complexity index is 717. The van der Waals surface area contributed by atoms with Gasteiger partial charge in [-0.2, -0.15) is 0 Å². The minimum absolute atomic E-state index is 0.0596. The molecule has 0 aliphatic carbocycles. The Hall–Kier alpha value is -1.37. The summed E-state index contributed by atoms with van der Waals surface area (Å²) in [5.41, 5.74) is 1.17. The van der Waals surface area contributed by atoms with Crippen molar-refractivity contribution in [3.63, 3.8) is 0 Å². The van der Waals surface area contributed by atoms with Crippen molar-refractivity contribution < 1.29 is 26.6 Å². The topological polar surface area (TPSA) is 55.4 Å². The van der Waals surface area contributed by atoms with Gasteiger partial charge in [0.25, 0.3) is 0 Å². The van der Waals surface area contributed by atoms with Crippen LogP contribution in [-0.4, -0.2) is 57.3 Å². The molecule has 0 amide bonds. The van der Waals surface area contributed by atoms with Gasteiger partial charge < -0.3 is 26.6 Å². The van der Waals surface area contributed by atoms with E-state index in [1.54, 1.807) is 21.3 Å². The second-order valence-electron chi connectivity index (χ2n) is 8.38. The molecule has 0 saturated carbocycles. The molecular formula is C25H42O6Si2. The Morgan fingerprint density at radius 2 is 0.939 bits per heavy atom. The molecule has 0 aromatic heterocycles. The molecule has 0 fully saturated rings. The summed E-state index contributed by atoms with van der Waals surface area (Å²) in [6, 6.07) is 20.8. The van der Waals surface area contributed by atoms with E-state index in [1.165, 1.54) is 5.56 Å². The standard InChI is InChI=1S/C15H26O3Si.C10H16O3Si/c1-12(2)16-19(17-13(3)4,18-14(5)6)15-10-8-7-9-11-15;1-11-14(12-2,13-3)9-10-7-5-4-6-8-10/h7-14H,1-6H3;4-8H,9H2,1-3H3. The highest BCUT2D eigenvalue weighted by molar-refractivity contribution is 6.75. The summed E-state index contributed by atoms with van der Waals surface area (Å²) in [5.74, 6) is 0. The monoisotopic (exact) mass is 494 g/mol. The van der Waals surface area contributed by atoms with Gasteiger partial charge in [0.15, 0.2) is 0 Å². The lowest BCUT2D eigenvalue weighted by molar-refractivity contribution is 0.0153. The van der Waals surface area contributed by atoms with Gasteiger partial charge in [-0.25, -0.2) is 0 Å². The molecule has 0 spiro atoms. The maximum absolute atomic E-state index is 6.14. The second-order valence-corrected chi connectivity index (χ2v) is 13.7. The van der Waals surface area contributed by atoms with Crippen LogP contribution >= 0.6 is 0 Å². The van der Waals surface area contributed by atoms with Gasteiger partial charge in [-0.1, -0.05) is 60.7 Å². The Balaban J connectivity index is 0.000000346. The molecule has 0 aliphatic rings. The third kappa shape index (κ3) is 10.2. The van der Waals surface area contributed by atoms with E-state index in [4.69, 9.17) is 26.6 Å². The molecular weight excluding hydrogens is 452 g/mol. The van der Waals surface area contributed by atoms with Crippen molar-refractivity contribution in [2.75, 3.05) is 21.3 Å². The summed E-state index contributed by atoms with van der Waals surface area (Å²) in [7, 11) is -0.438. The zero-order valence-corrected chi connectivity index (χ0v) is 23.7. The van der Waals surface area contributed by atoms with Gasteiger partial charge in [0.05, 0.1) is 0 Å². The van der Waals surface area contributed by atoms with E-state index in [0.29, 0.717) is 6.04 Å². The number of benzene rings is 2. The maximum Gasteiger partial charge on any atom is 0.537 e. The highest BCUT2D eigenvalue weighted by atomic mass is 28.4. The van der Waals surface area contributed by atoms with Crippen LogP contribution in [0, 0.1) is 0 Å². The third-order valence-corrected chi connectivity index (χ3v) is 10.6. The van der Waals surface area contributed by atoms with E-state index < -0.39 is 17.6 Å². The summed E-state index contributed by atoms with van der Waals surface area (Å²) in [4.78, 5) is 0. The molecule has 6 nitrogen and oxygen atoms in total. The quantitative estimate of drug-likeness (QED) is 0.397. The lowest BCUT2D eigenvalue weighted by atomic mass is 10.2. The summed E-state index contributed by atoms with van der Waals surface area (Å²) in [6.07, 6.45) is 0.179. The molecule has 0 unspecified atom stereocenters. The lowest BCUT2D eigenvalue weighted by Gasteiger charge is -2.34. The summed E-state index contributed by atoms with van der Waals surface area (Å²) in [6.45, 7) is 12.1. The smallest absolute Gasteiger partial charge is 0.377 e. The van der Waals surface area contributed by atoms with E-state index in [0.717, 1.165) is 5.19 Å². The van der Waals surface area contributed by atoms with Gasteiger partial charge in [0.1, 0.15) is 0 Å². The summed E-state index contributed by atoms with van der Waals surface area (Å²) < 4.78 is 34.4. The summed E-state index contributed by atoms with van der Waals surface area (Å²) >= 11 is 0. The molecule has 186 valence electrons. The van der Waals surface area contributed by atoms with E-state index in [1.807, 2.05) is 102 Å². The fourth-order valence-electron chi connectivity index (χ4n) is 3.17. The maximum atomic E-state index is 6.14. The highest BCUT2D eigenvalue weighted by Crippen LogP contribution is 2.18. The van der Waals surface area contributed by atoms with Gasteiger partial charge in [0, 0.05) is 50.9 Å². The van der Waals surface area contributed by atoms with Crippen LogP contribution in [0.15, 0.2) is 60.7 Å². The lowest BCUT2D eigenvalue weighted by Crippen LogP contribution is -2.60. The van der Waals surface area contributed by atoms with Gasteiger partial charge in [0.2, 0.25) is 0 Å². The van der Waals surface area contributed by atoms with Gasteiger partial charge in [-0.05, 0) is 47.1 Å². The summed E-state index contributed by atoms with van der Waals surface area (Å²) in [5, 5.41) is 1.02. The van der Waals surface area contributed by atoms with Crippen molar-refractivity contribution in [3.05, 3.63) is 66.2 Å². The average Bonchev–Trinajstić information content (AvgIpc) is 2.78.